The highest BCUT2D eigenvalue weighted by atomic mass is 16.7. The third-order valence-corrected chi connectivity index (χ3v) is 2.97. The number of unbranched alkanes of at least 4 members (excludes halogenated alkanes) is 1. The Bertz CT molecular complexity index is 197. The zero-order valence-corrected chi connectivity index (χ0v) is 9.87. The fourth-order valence-electron chi connectivity index (χ4n) is 1.75. The van der Waals surface area contributed by atoms with Gasteiger partial charge in [0.15, 0.2) is 6.29 Å². The number of aliphatic hydroxyl groups is 3. The first-order chi connectivity index (χ1) is 7.61. The highest BCUT2D eigenvalue weighted by Gasteiger charge is 2.42. The topological polar surface area (TPSA) is 79.2 Å². The van der Waals surface area contributed by atoms with Crippen LogP contribution in [0.25, 0.3) is 0 Å². The Hall–Kier alpha value is -0.200. The Kier molecular flexibility index (Phi) is 5.64. The van der Waals surface area contributed by atoms with E-state index >= 15 is 0 Å². The van der Waals surface area contributed by atoms with Crippen molar-refractivity contribution in [2.75, 3.05) is 13.2 Å². The summed E-state index contributed by atoms with van der Waals surface area (Å²) >= 11 is 0. The van der Waals surface area contributed by atoms with E-state index in [0.29, 0.717) is 6.61 Å². The van der Waals surface area contributed by atoms with Crippen molar-refractivity contribution in [1.82, 2.24) is 0 Å². The molecule has 0 saturated carbocycles. The lowest BCUT2D eigenvalue weighted by atomic mass is 9.92. The van der Waals surface area contributed by atoms with E-state index in [2.05, 4.69) is 6.92 Å². The molecular weight excluding hydrogens is 212 g/mol. The molecule has 0 amide bonds. The molecule has 5 heteroatoms. The minimum atomic E-state index is -1.05. The van der Waals surface area contributed by atoms with Crippen LogP contribution in [0, 0.1) is 5.92 Å². The first-order valence-corrected chi connectivity index (χ1v) is 5.85. The average Bonchev–Trinajstić information content (AvgIpc) is 2.29. The minimum Gasteiger partial charge on any atom is -0.394 e. The summed E-state index contributed by atoms with van der Waals surface area (Å²) in [6.07, 6.45) is -1.34. The van der Waals surface area contributed by atoms with Gasteiger partial charge in [0.1, 0.15) is 12.2 Å². The molecule has 96 valence electrons. The van der Waals surface area contributed by atoms with Crippen molar-refractivity contribution < 1.29 is 24.8 Å². The van der Waals surface area contributed by atoms with Gasteiger partial charge in [0.05, 0.1) is 12.7 Å². The van der Waals surface area contributed by atoms with Crippen LogP contribution in [0.2, 0.25) is 0 Å². The molecule has 1 rings (SSSR count). The molecule has 0 aromatic heterocycles. The molecule has 0 spiro atoms. The summed E-state index contributed by atoms with van der Waals surface area (Å²) in [6.45, 7) is 4.06. The van der Waals surface area contributed by atoms with Crippen LogP contribution >= 0.6 is 0 Å². The molecule has 0 bridgehead atoms. The van der Waals surface area contributed by atoms with Crippen molar-refractivity contribution in [1.29, 1.82) is 0 Å². The zero-order chi connectivity index (χ0) is 12.1. The van der Waals surface area contributed by atoms with Crippen molar-refractivity contribution in [3.05, 3.63) is 0 Å². The second kappa shape index (κ2) is 6.51. The maximum Gasteiger partial charge on any atom is 0.163 e. The van der Waals surface area contributed by atoms with Crippen molar-refractivity contribution >= 4 is 0 Å². The molecule has 1 aliphatic rings. The first kappa shape index (κ1) is 13.9. The fraction of sp³-hybridized carbons (Fsp3) is 1.00. The Labute approximate surface area is 96.0 Å². The summed E-state index contributed by atoms with van der Waals surface area (Å²) in [6, 6.07) is 0. The van der Waals surface area contributed by atoms with Crippen molar-refractivity contribution in [3.8, 4) is 0 Å². The van der Waals surface area contributed by atoms with Gasteiger partial charge in [0.2, 0.25) is 0 Å². The van der Waals surface area contributed by atoms with E-state index in [1.165, 1.54) is 0 Å². The molecule has 0 radical (unpaired) electrons. The Morgan fingerprint density at radius 3 is 2.50 bits per heavy atom. The van der Waals surface area contributed by atoms with Crippen LogP contribution in [0.1, 0.15) is 26.7 Å². The van der Waals surface area contributed by atoms with Gasteiger partial charge in [-0.1, -0.05) is 20.3 Å². The van der Waals surface area contributed by atoms with Crippen LogP contribution in [0.3, 0.4) is 0 Å². The third kappa shape index (κ3) is 3.15. The van der Waals surface area contributed by atoms with E-state index in [1.54, 1.807) is 6.92 Å². The molecule has 0 aliphatic carbocycles. The molecule has 16 heavy (non-hydrogen) atoms. The molecule has 5 nitrogen and oxygen atoms in total. The van der Waals surface area contributed by atoms with Crippen LogP contribution in [0.4, 0.5) is 0 Å². The number of hydrogen-bond acceptors (Lipinski definition) is 5. The quantitative estimate of drug-likeness (QED) is 0.578. The molecule has 5 unspecified atom stereocenters. The maximum absolute atomic E-state index is 9.75. The highest BCUT2D eigenvalue weighted by Crippen LogP contribution is 2.26. The molecule has 1 aliphatic heterocycles. The monoisotopic (exact) mass is 234 g/mol. The van der Waals surface area contributed by atoms with Crippen LogP contribution in [0.15, 0.2) is 0 Å². The van der Waals surface area contributed by atoms with Crippen LogP contribution in [0.5, 0.6) is 0 Å². The van der Waals surface area contributed by atoms with E-state index in [9.17, 15) is 10.2 Å². The number of ether oxygens (including phenoxy) is 2. The molecule has 0 aromatic carbocycles. The lowest BCUT2D eigenvalue weighted by Crippen LogP contribution is -2.55. The summed E-state index contributed by atoms with van der Waals surface area (Å²) in [5, 5.41) is 28.4. The largest absolute Gasteiger partial charge is 0.394 e. The van der Waals surface area contributed by atoms with E-state index in [4.69, 9.17) is 14.6 Å². The predicted octanol–water partition coefficient (Wildman–Crippen LogP) is -0.122. The Balaban J connectivity index is 2.50. The zero-order valence-electron chi connectivity index (χ0n) is 9.87. The van der Waals surface area contributed by atoms with E-state index in [-0.39, 0.29) is 12.5 Å². The lowest BCUT2D eigenvalue weighted by Gasteiger charge is -2.40. The fourth-order valence-corrected chi connectivity index (χ4v) is 1.75. The van der Waals surface area contributed by atoms with Crippen LogP contribution < -0.4 is 0 Å². The molecule has 5 atom stereocenters. The lowest BCUT2D eigenvalue weighted by molar-refractivity contribution is -0.282. The molecule has 3 N–H and O–H groups in total. The summed E-state index contributed by atoms with van der Waals surface area (Å²) in [7, 11) is 0. The van der Waals surface area contributed by atoms with Gasteiger partial charge in [0, 0.05) is 12.5 Å². The number of hydrogen-bond donors (Lipinski definition) is 3. The molecular formula is C11H22O5. The minimum absolute atomic E-state index is 0.297. The molecule has 1 heterocycles. The van der Waals surface area contributed by atoms with Crippen LogP contribution in [-0.4, -0.2) is 53.1 Å². The standard InChI is InChI=1S/C11H22O5/c1-3-4-5-15-11-7(2)9(13)10(14)8(6-12)16-11/h7-14H,3-6H2,1-2H3. The highest BCUT2D eigenvalue weighted by molar-refractivity contribution is 4.86. The van der Waals surface area contributed by atoms with Gasteiger partial charge in [0.25, 0.3) is 0 Å². The van der Waals surface area contributed by atoms with Gasteiger partial charge in [-0.3, -0.25) is 0 Å². The first-order valence-electron chi connectivity index (χ1n) is 5.85. The van der Waals surface area contributed by atoms with Gasteiger partial charge in [-0.05, 0) is 6.42 Å². The van der Waals surface area contributed by atoms with Crippen molar-refractivity contribution in [3.63, 3.8) is 0 Å². The third-order valence-electron chi connectivity index (χ3n) is 2.97. The van der Waals surface area contributed by atoms with Crippen molar-refractivity contribution in [2.24, 2.45) is 5.92 Å². The molecule has 1 fully saturated rings. The Morgan fingerprint density at radius 1 is 1.25 bits per heavy atom. The molecule has 1 saturated heterocycles. The van der Waals surface area contributed by atoms with Crippen LogP contribution in [-0.2, 0) is 9.47 Å². The summed E-state index contributed by atoms with van der Waals surface area (Å²) in [5.41, 5.74) is 0. The normalized spacial score (nSPS) is 39.9. The second-order valence-corrected chi connectivity index (χ2v) is 4.29. The van der Waals surface area contributed by atoms with Gasteiger partial charge >= 0.3 is 0 Å². The predicted molar refractivity (Wildman–Crippen MR) is 57.8 cm³/mol. The summed E-state index contributed by atoms with van der Waals surface area (Å²) < 4.78 is 10.9. The molecule has 0 aromatic rings. The van der Waals surface area contributed by atoms with E-state index in [1.807, 2.05) is 0 Å². The van der Waals surface area contributed by atoms with Crippen molar-refractivity contribution in [2.45, 2.75) is 51.3 Å². The smallest absolute Gasteiger partial charge is 0.163 e. The summed E-state index contributed by atoms with van der Waals surface area (Å²) in [4.78, 5) is 0. The van der Waals surface area contributed by atoms with Gasteiger partial charge in [-0.2, -0.15) is 0 Å². The maximum atomic E-state index is 9.75. The van der Waals surface area contributed by atoms with Gasteiger partial charge in [-0.25, -0.2) is 0 Å². The van der Waals surface area contributed by atoms with Gasteiger partial charge < -0.3 is 24.8 Å². The second-order valence-electron chi connectivity index (χ2n) is 4.29. The van der Waals surface area contributed by atoms with Gasteiger partial charge in [-0.15, -0.1) is 0 Å². The number of rotatable bonds is 5. The summed E-state index contributed by atoms with van der Waals surface area (Å²) in [5.74, 6) is -0.297. The average molecular weight is 234 g/mol. The number of aliphatic hydroxyl groups excluding tert-OH is 3. The SMILES string of the molecule is CCCCOC1OC(CO)C(O)C(O)C1C. The van der Waals surface area contributed by atoms with E-state index < -0.39 is 24.6 Å². The van der Waals surface area contributed by atoms with E-state index in [0.717, 1.165) is 12.8 Å². The Morgan fingerprint density at radius 2 is 1.94 bits per heavy atom.